The van der Waals surface area contributed by atoms with Crippen LogP contribution in [0.2, 0.25) is 0 Å². The van der Waals surface area contributed by atoms with Gasteiger partial charge in [0, 0.05) is 18.8 Å². The molecule has 4 nitrogen and oxygen atoms in total. The normalized spacial score (nSPS) is 10.5. The number of nitriles is 1. The van der Waals surface area contributed by atoms with Crippen molar-refractivity contribution in [3.63, 3.8) is 0 Å². The predicted octanol–water partition coefficient (Wildman–Crippen LogP) is 2.94. The van der Waals surface area contributed by atoms with Crippen LogP contribution in [-0.2, 0) is 6.54 Å². The molecule has 0 aliphatic rings. The average Bonchev–Trinajstić information content (AvgIpc) is 2.52. The number of aryl methyl sites for hydroxylation is 1. The first-order valence-electron chi connectivity index (χ1n) is 6.62. The van der Waals surface area contributed by atoms with Crippen LogP contribution in [0, 0.1) is 11.3 Å². The van der Waals surface area contributed by atoms with Crippen molar-refractivity contribution >= 4 is 12.2 Å². The van der Waals surface area contributed by atoms with Gasteiger partial charge in [0.25, 0.3) is 5.56 Å². The Morgan fingerprint density at radius 3 is 2.67 bits per heavy atom. The van der Waals surface area contributed by atoms with Crippen molar-refractivity contribution in [2.75, 3.05) is 7.11 Å². The van der Waals surface area contributed by atoms with Crippen molar-refractivity contribution in [1.82, 2.24) is 4.57 Å². The summed E-state index contributed by atoms with van der Waals surface area (Å²) >= 11 is 0. The van der Waals surface area contributed by atoms with E-state index in [0.717, 1.165) is 16.9 Å². The number of aromatic nitrogens is 1. The van der Waals surface area contributed by atoms with Crippen LogP contribution in [0.1, 0.15) is 17.5 Å². The van der Waals surface area contributed by atoms with Gasteiger partial charge < -0.3 is 9.30 Å². The molecule has 21 heavy (non-hydrogen) atoms. The molecule has 0 fully saturated rings. The van der Waals surface area contributed by atoms with E-state index in [1.54, 1.807) is 19.4 Å². The van der Waals surface area contributed by atoms with Gasteiger partial charge in [0.05, 0.1) is 19.6 Å². The summed E-state index contributed by atoms with van der Waals surface area (Å²) in [4.78, 5) is 11.9. The average molecular weight is 280 g/mol. The van der Waals surface area contributed by atoms with E-state index in [-0.39, 0.29) is 5.56 Å². The Balaban J connectivity index is 2.16. The Kier molecular flexibility index (Phi) is 4.94. The van der Waals surface area contributed by atoms with Gasteiger partial charge in [-0.25, -0.2) is 0 Å². The first-order chi connectivity index (χ1) is 10.2. The molecule has 1 heterocycles. The number of rotatable bonds is 5. The van der Waals surface area contributed by atoms with Gasteiger partial charge in [-0.05, 0) is 29.3 Å². The maximum absolute atomic E-state index is 11.9. The Morgan fingerprint density at radius 1 is 1.24 bits per heavy atom. The highest BCUT2D eigenvalue weighted by Crippen LogP contribution is 2.14. The van der Waals surface area contributed by atoms with Crippen LogP contribution in [0.3, 0.4) is 0 Å². The third-order valence-electron chi connectivity index (χ3n) is 3.05. The Labute approximate surface area is 123 Å². The van der Waals surface area contributed by atoms with E-state index in [0.29, 0.717) is 13.0 Å². The quantitative estimate of drug-likeness (QED) is 0.846. The Hall–Kier alpha value is -2.80. The van der Waals surface area contributed by atoms with Crippen LogP contribution in [0.25, 0.3) is 12.2 Å². The van der Waals surface area contributed by atoms with Gasteiger partial charge in [-0.2, -0.15) is 5.26 Å². The minimum absolute atomic E-state index is 0.0990. The second-order valence-electron chi connectivity index (χ2n) is 4.51. The van der Waals surface area contributed by atoms with E-state index in [4.69, 9.17) is 10.00 Å². The van der Waals surface area contributed by atoms with E-state index < -0.39 is 0 Å². The van der Waals surface area contributed by atoms with E-state index in [1.807, 2.05) is 48.6 Å². The van der Waals surface area contributed by atoms with Gasteiger partial charge >= 0.3 is 0 Å². The minimum atomic E-state index is -0.0990. The zero-order valence-electron chi connectivity index (χ0n) is 11.8. The summed E-state index contributed by atoms with van der Waals surface area (Å²) in [7, 11) is 1.63. The molecule has 1 aromatic carbocycles. The summed E-state index contributed by atoms with van der Waals surface area (Å²) in [5.41, 5.74) is 1.73. The van der Waals surface area contributed by atoms with Gasteiger partial charge in [-0.3, -0.25) is 4.79 Å². The van der Waals surface area contributed by atoms with Gasteiger partial charge in [0.15, 0.2) is 0 Å². The molecular weight excluding hydrogens is 264 g/mol. The summed E-state index contributed by atoms with van der Waals surface area (Å²) in [6.45, 7) is 0.426. The molecule has 0 unspecified atom stereocenters. The minimum Gasteiger partial charge on any atom is -0.497 e. The van der Waals surface area contributed by atoms with Crippen molar-refractivity contribution in [1.29, 1.82) is 5.26 Å². The second-order valence-corrected chi connectivity index (χ2v) is 4.51. The molecule has 0 amide bonds. The summed E-state index contributed by atoms with van der Waals surface area (Å²) in [5, 5.41) is 8.54. The SMILES string of the molecule is COc1cccc(/C=C/c2ccn(CCC#N)c(=O)c2)c1. The fourth-order valence-electron chi connectivity index (χ4n) is 1.92. The second kappa shape index (κ2) is 7.11. The smallest absolute Gasteiger partial charge is 0.251 e. The number of benzene rings is 1. The van der Waals surface area contributed by atoms with Crippen LogP contribution >= 0.6 is 0 Å². The fraction of sp³-hybridized carbons (Fsp3) is 0.176. The lowest BCUT2D eigenvalue weighted by atomic mass is 10.1. The number of ether oxygens (including phenoxy) is 1. The van der Waals surface area contributed by atoms with Gasteiger partial charge in [-0.15, -0.1) is 0 Å². The maximum Gasteiger partial charge on any atom is 0.251 e. The fourth-order valence-corrected chi connectivity index (χ4v) is 1.92. The molecule has 0 aliphatic carbocycles. The zero-order chi connectivity index (χ0) is 15.1. The monoisotopic (exact) mass is 280 g/mol. The van der Waals surface area contributed by atoms with Crippen LogP contribution in [0.15, 0.2) is 47.4 Å². The van der Waals surface area contributed by atoms with Gasteiger partial charge in [0.2, 0.25) is 0 Å². The lowest BCUT2D eigenvalue weighted by Crippen LogP contribution is -2.18. The number of nitrogens with zero attached hydrogens (tertiary/aromatic N) is 2. The first-order valence-corrected chi connectivity index (χ1v) is 6.62. The molecule has 0 aliphatic heterocycles. The highest BCUT2D eigenvalue weighted by Gasteiger charge is 1.97. The number of hydrogen-bond donors (Lipinski definition) is 0. The zero-order valence-corrected chi connectivity index (χ0v) is 11.8. The molecule has 0 radical (unpaired) electrons. The van der Waals surface area contributed by atoms with Crippen molar-refractivity contribution in [2.24, 2.45) is 0 Å². The standard InChI is InChI=1S/C17H16N2O2/c1-21-16-5-2-4-14(12-16)6-7-15-8-11-19(10-3-9-18)17(20)13-15/h2,4-8,11-13H,3,10H2,1H3/b7-6+. The number of hydrogen-bond acceptors (Lipinski definition) is 3. The lowest BCUT2D eigenvalue weighted by Gasteiger charge is -2.03. The van der Waals surface area contributed by atoms with E-state index >= 15 is 0 Å². The molecule has 0 spiro atoms. The summed E-state index contributed by atoms with van der Waals surface area (Å²) in [6, 6.07) is 13.1. The maximum atomic E-state index is 11.9. The molecule has 1 aromatic heterocycles. The van der Waals surface area contributed by atoms with Crippen LogP contribution in [0.4, 0.5) is 0 Å². The van der Waals surface area contributed by atoms with Crippen molar-refractivity contribution < 1.29 is 4.74 Å². The largest absolute Gasteiger partial charge is 0.497 e. The molecule has 0 bridgehead atoms. The molecule has 106 valence electrons. The third-order valence-corrected chi connectivity index (χ3v) is 3.05. The molecule has 0 atom stereocenters. The van der Waals surface area contributed by atoms with Crippen molar-refractivity contribution in [3.8, 4) is 11.8 Å². The molecule has 2 aromatic rings. The van der Waals surface area contributed by atoms with Crippen molar-refractivity contribution in [2.45, 2.75) is 13.0 Å². The van der Waals surface area contributed by atoms with Crippen LogP contribution in [-0.4, -0.2) is 11.7 Å². The molecule has 0 N–H and O–H groups in total. The summed E-state index contributed by atoms with van der Waals surface area (Å²) < 4.78 is 6.70. The van der Waals surface area contributed by atoms with Gasteiger partial charge in [-0.1, -0.05) is 24.3 Å². The molecular formula is C17H16N2O2. The highest BCUT2D eigenvalue weighted by atomic mass is 16.5. The van der Waals surface area contributed by atoms with Crippen LogP contribution < -0.4 is 10.3 Å². The third kappa shape index (κ3) is 4.08. The Morgan fingerprint density at radius 2 is 2.00 bits per heavy atom. The molecule has 4 heteroatoms. The predicted molar refractivity (Wildman–Crippen MR) is 82.9 cm³/mol. The number of pyridine rings is 1. The summed E-state index contributed by atoms with van der Waals surface area (Å²) in [5.74, 6) is 0.795. The molecule has 2 rings (SSSR count). The Bertz CT molecular complexity index is 739. The van der Waals surface area contributed by atoms with Gasteiger partial charge in [0.1, 0.15) is 5.75 Å². The highest BCUT2D eigenvalue weighted by molar-refractivity contribution is 5.69. The molecule has 0 saturated carbocycles. The van der Waals surface area contributed by atoms with Crippen LogP contribution in [0.5, 0.6) is 5.75 Å². The van der Waals surface area contributed by atoms with Crippen molar-refractivity contribution in [3.05, 3.63) is 64.1 Å². The summed E-state index contributed by atoms with van der Waals surface area (Å²) in [6.07, 6.45) is 5.85. The topological polar surface area (TPSA) is 55.0 Å². The number of methoxy groups -OCH3 is 1. The molecule has 0 saturated heterocycles. The lowest BCUT2D eigenvalue weighted by molar-refractivity contribution is 0.414. The van der Waals surface area contributed by atoms with E-state index in [1.165, 1.54) is 4.57 Å². The van der Waals surface area contributed by atoms with E-state index in [9.17, 15) is 4.79 Å². The van der Waals surface area contributed by atoms with E-state index in [2.05, 4.69) is 0 Å². The first kappa shape index (κ1) is 14.6.